The molecular weight excluding hydrogens is 320 g/mol. The van der Waals surface area contributed by atoms with Crippen LogP contribution in [0.1, 0.15) is 21.5 Å². The van der Waals surface area contributed by atoms with Crippen LogP contribution >= 0.6 is 11.6 Å². The molecule has 0 fully saturated rings. The molecule has 0 unspecified atom stereocenters. The predicted molar refractivity (Wildman–Crippen MR) is 86.5 cm³/mol. The van der Waals surface area contributed by atoms with Crippen LogP contribution in [0.2, 0.25) is 5.02 Å². The lowest BCUT2D eigenvalue weighted by Crippen LogP contribution is -2.07. The summed E-state index contributed by atoms with van der Waals surface area (Å²) in [6.07, 6.45) is 0. The van der Waals surface area contributed by atoms with E-state index in [1.54, 1.807) is 19.2 Å². The van der Waals surface area contributed by atoms with Crippen LogP contribution in [0.4, 0.5) is 0 Å². The normalized spacial score (nSPS) is 10.3. The molecule has 0 saturated carbocycles. The molecule has 1 N–H and O–H groups in total. The molecule has 122 valence electrons. The van der Waals surface area contributed by atoms with Gasteiger partial charge in [0.15, 0.2) is 11.5 Å². The molecule has 2 aromatic carbocycles. The minimum atomic E-state index is -0.654. The molecule has 0 saturated heterocycles. The zero-order chi connectivity index (χ0) is 17.0. The number of carbonyl (C=O) groups excluding carboxylic acids is 1. The van der Waals surface area contributed by atoms with E-state index in [-0.39, 0.29) is 17.9 Å². The standard InChI is InChI=1S/C17H17ClO5/c1-10-6-15(21-2)16(22-3)7-11(10)9-23-17(20)13-8-12(18)4-5-14(13)19/h4-8,19H,9H2,1-3H3. The number of aryl methyl sites for hydroxylation is 1. The molecule has 0 heterocycles. The minimum Gasteiger partial charge on any atom is -0.507 e. The van der Waals surface area contributed by atoms with Gasteiger partial charge in [-0.1, -0.05) is 11.6 Å². The van der Waals surface area contributed by atoms with Crippen molar-refractivity contribution in [3.05, 3.63) is 52.0 Å². The first-order valence-corrected chi connectivity index (χ1v) is 7.21. The lowest BCUT2D eigenvalue weighted by molar-refractivity contribution is 0.0468. The lowest BCUT2D eigenvalue weighted by Gasteiger charge is -2.13. The Hall–Kier alpha value is -2.40. The number of benzene rings is 2. The number of ether oxygens (including phenoxy) is 3. The molecule has 0 bridgehead atoms. The first-order valence-electron chi connectivity index (χ1n) is 6.83. The van der Waals surface area contributed by atoms with Gasteiger partial charge in [0.1, 0.15) is 17.9 Å². The van der Waals surface area contributed by atoms with Crippen LogP contribution in [-0.2, 0) is 11.3 Å². The molecule has 2 rings (SSSR count). The van der Waals surface area contributed by atoms with Gasteiger partial charge >= 0.3 is 5.97 Å². The number of aromatic hydroxyl groups is 1. The molecule has 0 spiro atoms. The lowest BCUT2D eigenvalue weighted by atomic mass is 10.1. The Morgan fingerprint density at radius 3 is 2.43 bits per heavy atom. The van der Waals surface area contributed by atoms with Gasteiger partial charge in [0.2, 0.25) is 0 Å². The van der Waals surface area contributed by atoms with Gasteiger partial charge < -0.3 is 19.3 Å². The summed E-state index contributed by atoms with van der Waals surface area (Å²) in [4.78, 5) is 12.1. The Bertz CT molecular complexity index is 727. The van der Waals surface area contributed by atoms with Gasteiger partial charge in [-0.15, -0.1) is 0 Å². The molecule has 2 aromatic rings. The summed E-state index contributed by atoms with van der Waals surface area (Å²) in [7, 11) is 3.09. The maximum Gasteiger partial charge on any atom is 0.342 e. The SMILES string of the molecule is COc1cc(C)c(COC(=O)c2cc(Cl)ccc2O)cc1OC. The third-order valence-electron chi connectivity index (χ3n) is 3.38. The fraction of sp³-hybridized carbons (Fsp3) is 0.235. The summed E-state index contributed by atoms with van der Waals surface area (Å²) in [6, 6.07) is 7.76. The monoisotopic (exact) mass is 336 g/mol. The van der Waals surface area contributed by atoms with Gasteiger partial charge in [0, 0.05) is 5.02 Å². The third-order valence-corrected chi connectivity index (χ3v) is 3.61. The number of methoxy groups -OCH3 is 2. The summed E-state index contributed by atoms with van der Waals surface area (Å²) < 4.78 is 15.7. The molecular formula is C17H17ClO5. The van der Waals surface area contributed by atoms with Crippen LogP contribution in [0, 0.1) is 6.92 Å². The molecule has 0 aliphatic rings. The average Bonchev–Trinajstić information content (AvgIpc) is 2.55. The Balaban J connectivity index is 2.17. The van der Waals surface area contributed by atoms with E-state index >= 15 is 0 Å². The first-order chi connectivity index (χ1) is 11.0. The van der Waals surface area contributed by atoms with Gasteiger partial charge in [-0.2, -0.15) is 0 Å². The summed E-state index contributed by atoms with van der Waals surface area (Å²) in [5.41, 5.74) is 1.69. The van der Waals surface area contributed by atoms with E-state index in [1.807, 2.05) is 6.92 Å². The van der Waals surface area contributed by atoms with Crippen molar-refractivity contribution in [3.63, 3.8) is 0 Å². The number of carbonyl (C=O) groups is 1. The Labute approximate surface area is 139 Å². The van der Waals surface area contributed by atoms with Crippen molar-refractivity contribution in [3.8, 4) is 17.2 Å². The first kappa shape index (κ1) is 17.0. The number of hydrogen-bond donors (Lipinski definition) is 1. The molecule has 0 aliphatic carbocycles. The fourth-order valence-electron chi connectivity index (χ4n) is 2.07. The highest BCUT2D eigenvalue weighted by atomic mass is 35.5. The van der Waals surface area contributed by atoms with Crippen molar-refractivity contribution in [2.75, 3.05) is 14.2 Å². The van der Waals surface area contributed by atoms with Crippen molar-refractivity contribution in [1.82, 2.24) is 0 Å². The van der Waals surface area contributed by atoms with Gasteiger partial charge in [-0.05, 0) is 48.4 Å². The molecule has 0 amide bonds. The van der Waals surface area contributed by atoms with Crippen molar-refractivity contribution in [2.24, 2.45) is 0 Å². The quantitative estimate of drug-likeness (QED) is 0.843. The zero-order valence-corrected chi connectivity index (χ0v) is 13.8. The second kappa shape index (κ2) is 7.24. The Morgan fingerprint density at radius 2 is 1.78 bits per heavy atom. The highest BCUT2D eigenvalue weighted by Gasteiger charge is 2.15. The Kier molecular flexibility index (Phi) is 5.34. The van der Waals surface area contributed by atoms with Crippen molar-refractivity contribution in [1.29, 1.82) is 0 Å². The summed E-state index contributed by atoms with van der Waals surface area (Å²) >= 11 is 5.83. The number of phenolic OH excluding ortho intramolecular Hbond substituents is 1. The van der Waals surface area contributed by atoms with Gasteiger partial charge in [-0.25, -0.2) is 4.79 Å². The van der Waals surface area contributed by atoms with E-state index in [9.17, 15) is 9.90 Å². The molecule has 0 atom stereocenters. The molecule has 23 heavy (non-hydrogen) atoms. The molecule has 0 radical (unpaired) electrons. The van der Waals surface area contributed by atoms with Crippen molar-refractivity contribution < 1.29 is 24.1 Å². The van der Waals surface area contributed by atoms with E-state index in [1.165, 1.54) is 25.3 Å². The van der Waals surface area contributed by atoms with Crippen LogP contribution in [-0.4, -0.2) is 25.3 Å². The second-order valence-electron chi connectivity index (χ2n) is 4.87. The highest BCUT2D eigenvalue weighted by Crippen LogP contribution is 2.31. The van der Waals surface area contributed by atoms with Crippen LogP contribution in [0.25, 0.3) is 0 Å². The number of phenols is 1. The van der Waals surface area contributed by atoms with E-state index < -0.39 is 5.97 Å². The van der Waals surface area contributed by atoms with Gasteiger partial charge in [-0.3, -0.25) is 0 Å². The van der Waals surface area contributed by atoms with Crippen LogP contribution in [0.15, 0.2) is 30.3 Å². The summed E-state index contributed by atoms with van der Waals surface area (Å²) in [5.74, 6) is 0.324. The maximum absolute atomic E-state index is 12.1. The van der Waals surface area contributed by atoms with E-state index in [4.69, 9.17) is 25.8 Å². The van der Waals surface area contributed by atoms with E-state index in [2.05, 4.69) is 0 Å². The minimum absolute atomic E-state index is 0.0237. The van der Waals surface area contributed by atoms with Crippen molar-refractivity contribution in [2.45, 2.75) is 13.5 Å². The smallest absolute Gasteiger partial charge is 0.342 e. The van der Waals surface area contributed by atoms with E-state index in [0.29, 0.717) is 16.5 Å². The molecule has 6 heteroatoms. The summed E-state index contributed by atoms with van der Waals surface area (Å²) in [5, 5.41) is 10.1. The van der Waals surface area contributed by atoms with Crippen LogP contribution in [0.3, 0.4) is 0 Å². The number of esters is 1. The van der Waals surface area contributed by atoms with Gasteiger partial charge in [0.25, 0.3) is 0 Å². The third kappa shape index (κ3) is 3.87. The number of halogens is 1. The fourth-order valence-corrected chi connectivity index (χ4v) is 2.24. The molecule has 0 aromatic heterocycles. The number of hydrogen-bond acceptors (Lipinski definition) is 5. The van der Waals surface area contributed by atoms with E-state index in [0.717, 1.165) is 11.1 Å². The maximum atomic E-state index is 12.1. The van der Waals surface area contributed by atoms with Crippen molar-refractivity contribution >= 4 is 17.6 Å². The van der Waals surface area contributed by atoms with Gasteiger partial charge in [0.05, 0.1) is 14.2 Å². The second-order valence-corrected chi connectivity index (χ2v) is 5.31. The summed E-state index contributed by atoms with van der Waals surface area (Å²) in [6.45, 7) is 1.92. The zero-order valence-electron chi connectivity index (χ0n) is 13.1. The highest BCUT2D eigenvalue weighted by molar-refractivity contribution is 6.31. The average molecular weight is 337 g/mol. The van der Waals surface area contributed by atoms with Crippen LogP contribution in [0.5, 0.6) is 17.2 Å². The topological polar surface area (TPSA) is 65.0 Å². The number of rotatable bonds is 5. The Morgan fingerprint density at radius 1 is 1.13 bits per heavy atom. The molecule has 5 nitrogen and oxygen atoms in total. The largest absolute Gasteiger partial charge is 0.507 e. The van der Waals surface area contributed by atoms with Crippen LogP contribution < -0.4 is 9.47 Å². The predicted octanol–water partition coefficient (Wildman–Crippen LogP) is 3.73. The molecule has 0 aliphatic heterocycles.